The molecule has 2 aliphatic rings. The van der Waals surface area contributed by atoms with Crippen molar-refractivity contribution in [1.29, 1.82) is 0 Å². The lowest BCUT2D eigenvalue weighted by atomic mass is 9.84. The third-order valence-electron chi connectivity index (χ3n) is 5.38. The van der Waals surface area contributed by atoms with E-state index in [-0.39, 0.29) is 23.3 Å². The van der Waals surface area contributed by atoms with Crippen LogP contribution in [-0.4, -0.2) is 35.8 Å². The van der Waals surface area contributed by atoms with Crippen molar-refractivity contribution in [1.82, 2.24) is 10.2 Å². The van der Waals surface area contributed by atoms with E-state index in [0.29, 0.717) is 12.3 Å². The number of hydrogen-bond donors (Lipinski definition) is 1. The summed E-state index contributed by atoms with van der Waals surface area (Å²) < 4.78 is 0. The number of carbonyl (C=O) groups is 2. The third-order valence-corrected chi connectivity index (χ3v) is 5.38. The van der Waals surface area contributed by atoms with E-state index in [0.717, 1.165) is 32.4 Å². The molecule has 4 heteroatoms. The molecule has 3 rings (SSSR count). The predicted molar refractivity (Wildman–Crippen MR) is 94.5 cm³/mol. The van der Waals surface area contributed by atoms with Gasteiger partial charge in [-0.3, -0.25) is 9.59 Å². The van der Waals surface area contributed by atoms with Crippen LogP contribution in [-0.2, 0) is 22.4 Å². The Morgan fingerprint density at radius 2 is 1.83 bits per heavy atom. The van der Waals surface area contributed by atoms with E-state index in [1.54, 1.807) is 0 Å². The number of rotatable bonds is 4. The lowest BCUT2D eigenvalue weighted by Crippen LogP contribution is -2.48. The fraction of sp³-hybridized carbons (Fsp3) is 0.600. The maximum Gasteiger partial charge on any atom is 0.245 e. The van der Waals surface area contributed by atoms with Gasteiger partial charge in [-0.05, 0) is 48.1 Å². The van der Waals surface area contributed by atoms with Gasteiger partial charge in [-0.1, -0.05) is 38.1 Å². The van der Waals surface area contributed by atoms with Crippen LogP contribution in [0.15, 0.2) is 24.3 Å². The first kappa shape index (κ1) is 17.0. The molecular formula is C20H28N2O2. The average molecular weight is 328 g/mol. The first-order chi connectivity index (χ1) is 11.4. The molecule has 1 aromatic carbocycles. The molecular weight excluding hydrogens is 300 g/mol. The number of nitrogens with one attached hydrogen (secondary N) is 1. The van der Waals surface area contributed by atoms with Crippen LogP contribution < -0.4 is 5.32 Å². The Hall–Kier alpha value is -1.84. The van der Waals surface area contributed by atoms with Gasteiger partial charge < -0.3 is 10.2 Å². The topological polar surface area (TPSA) is 49.4 Å². The number of nitrogens with zero attached hydrogens (tertiary/aromatic N) is 1. The van der Waals surface area contributed by atoms with Gasteiger partial charge in [-0.25, -0.2) is 0 Å². The Bertz CT molecular complexity index is 613. The molecule has 1 spiro atoms. The highest BCUT2D eigenvalue weighted by molar-refractivity contribution is 5.87. The van der Waals surface area contributed by atoms with Gasteiger partial charge in [0.2, 0.25) is 11.8 Å². The number of likely N-dealkylation sites (tertiary alicyclic amines) is 1. The molecule has 2 amide bonds. The van der Waals surface area contributed by atoms with Crippen LogP contribution in [0.5, 0.6) is 0 Å². The highest BCUT2D eigenvalue weighted by Gasteiger charge is 2.44. The van der Waals surface area contributed by atoms with Gasteiger partial charge in [0, 0.05) is 20.0 Å². The first-order valence-corrected chi connectivity index (χ1v) is 9.01. The number of carbonyl (C=O) groups excluding carboxylic acids is 2. The number of fused-ring (bicyclic) bond motifs is 1. The zero-order chi connectivity index (χ0) is 17.3. The molecule has 1 heterocycles. The van der Waals surface area contributed by atoms with Gasteiger partial charge in [0.15, 0.2) is 0 Å². The van der Waals surface area contributed by atoms with Crippen molar-refractivity contribution >= 4 is 11.8 Å². The molecule has 1 atom stereocenters. The summed E-state index contributed by atoms with van der Waals surface area (Å²) in [5, 5.41) is 2.85. The largest absolute Gasteiger partial charge is 0.345 e. The molecule has 0 saturated carbocycles. The zero-order valence-electron chi connectivity index (χ0n) is 15.0. The van der Waals surface area contributed by atoms with Crippen molar-refractivity contribution in [2.24, 2.45) is 11.3 Å². The molecule has 24 heavy (non-hydrogen) atoms. The molecule has 1 aliphatic heterocycles. The summed E-state index contributed by atoms with van der Waals surface area (Å²) in [6.07, 6.45) is 3.90. The predicted octanol–water partition coefficient (Wildman–Crippen LogP) is 2.55. The molecule has 0 bridgehead atoms. The van der Waals surface area contributed by atoms with Crippen molar-refractivity contribution < 1.29 is 9.59 Å². The first-order valence-electron chi connectivity index (χ1n) is 9.01. The van der Waals surface area contributed by atoms with Gasteiger partial charge >= 0.3 is 0 Å². The molecule has 130 valence electrons. The average Bonchev–Trinajstić information content (AvgIpc) is 3.08. The van der Waals surface area contributed by atoms with Gasteiger partial charge in [0.05, 0.1) is 0 Å². The minimum Gasteiger partial charge on any atom is -0.345 e. The summed E-state index contributed by atoms with van der Waals surface area (Å²) >= 11 is 0. The standard InChI is InChI=1S/C20H28N2O2/c1-14(2)10-18(21-15(3)23)19(24)22-9-8-20(13-22)11-16-6-4-5-7-17(16)12-20/h4-7,14,18H,8-13H2,1-3H3,(H,21,23)/t18-/m0/s1. The minimum absolute atomic E-state index is 0.0896. The fourth-order valence-electron chi connectivity index (χ4n) is 4.34. The molecule has 1 aliphatic carbocycles. The molecule has 1 saturated heterocycles. The highest BCUT2D eigenvalue weighted by Crippen LogP contribution is 2.43. The summed E-state index contributed by atoms with van der Waals surface area (Å²) in [5.74, 6) is 0.334. The molecule has 1 N–H and O–H groups in total. The highest BCUT2D eigenvalue weighted by atomic mass is 16.2. The number of benzene rings is 1. The maximum absolute atomic E-state index is 12.9. The van der Waals surface area contributed by atoms with E-state index in [4.69, 9.17) is 0 Å². The molecule has 0 unspecified atom stereocenters. The third kappa shape index (κ3) is 3.47. The van der Waals surface area contributed by atoms with Gasteiger partial charge in [0.1, 0.15) is 6.04 Å². The van der Waals surface area contributed by atoms with E-state index in [2.05, 4.69) is 43.4 Å². The molecule has 1 aromatic rings. The van der Waals surface area contributed by atoms with Gasteiger partial charge in [0.25, 0.3) is 0 Å². The quantitative estimate of drug-likeness (QED) is 0.923. The lowest BCUT2D eigenvalue weighted by molar-refractivity contribution is -0.136. The van der Waals surface area contributed by atoms with E-state index in [1.165, 1.54) is 18.1 Å². The van der Waals surface area contributed by atoms with Crippen LogP contribution in [0.2, 0.25) is 0 Å². The molecule has 0 radical (unpaired) electrons. The van der Waals surface area contributed by atoms with Crippen LogP contribution in [0.4, 0.5) is 0 Å². The SMILES string of the molecule is CC(=O)N[C@@H](CC(C)C)C(=O)N1CCC2(Cc3ccccc3C2)C1. The Kier molecular flexibility index (Phi) is 4.66. The monoisotopic (exact) mass is 328 g/mol. The van der Waals surface area contributed by atoms with E-state index < -0.39 is 0 Å². The number of amides is 2. The van der Waals surface area contributed by atoms with E-state index >= 15 is 0 Å². The van der Waals surface area contributed by atoms with Gasteiger partial charge in [-0.15, -0.1) is 0 Å². The molecule has 1 fully saturated rings. The fourth-order valence-corrected chi connectivity index (χ4v) is 4.34. The molecule has 4 nitrogen and oxygen atoms in total. The Morgan fingerprint density at radius 1 is 1.21 bits per heavy atom. The smallest absolute Gasteiger partial charge is 0.245 e. The second-order valence-corrected chi connectivity index (χ2v) is 8.01. The van der Waals surface area contributed by atoms with Crippen LogP contribution in [0.1, 0.15) is 44.7 Å². The second kappa shape index (κ2) is 6.58. The maximum atomic E-state index is 12.9. The summed E-state index contributed by atoms with van der Waals surface area (Å²) in [6.45, 7) is 7.28. The molecule has 0 aromatic heterocycles. The van der Waals surface area contributed by atoms with E-state index in [9.17, 15) is 9.59 Å². The van der Waals surface area contributed by atoms with Crippen molar-refractivity contribution in [3.63, 3.8) is 0 Å². The van der Waals surface area contributed by atoms with Crippen LogP contribution in [0.25, 0.3) is 0 Å². The van der Waals surface area contributed by atoms with Crippen molar-refractivity contribution in [2.75, 3.05) is 13.1 Å². The van der Waals surface area contributed by atoms with Gasteiger partial charge in [-0.2, -0.15) is 0 Å². The van der Waals surface area contributed by atoms with Crippen LogP contribution >= 0.6 is 0 Å². The Labute approximate surface area is 144 Å². The number of hydrogen-bond acceptors (Lipinski definition) is 2. The summed E-state index contributed by atoms with van der Waals surface area (Å²) in [7, 11) is 0. The van der Waals surface area contributed by atoms with Crippen LogP contribution in [0, 0.1) is 11.3 Å². The Balaban J connectivity index is 1.68. The lowest BCUT2D eigenvalue weighted by Gasteiger charge is -2.27. The second-order valence-electron chi connectivity index (χ2n) is 8.01. The zero-order valence-corrected chi connectivity index (χ0v) is 15.0. The minimum atomic E-state index is -0.388. The van der Waals surface area contributed by atoms with Crippen molar-refractivity contribution in [2.45, 2.75) is 52.5 Å². The summed E-state index contributed by atoms with van der Waals surface area (Å²) in [6, 6.07) is 8.25. The van der Waals surface area contributed by atoms with Crippen molar-refractivity contribution in [3.8, 4) is 0 Å². The Morgan fingerprint density at radius 3 is 2.38 bits per heavy atom. The summed E-state index contributed by atoms with van der Waals surface area (Å²) in [5.41, 5.74) is 3.08. The van der Waals surface area contributed by atoms with E-state index in [1.807, 2.05) is 4.90 Å². The van der Waals surface area contributed by atoms with Crippen LogP contribution in [0.3, 0.4) is 0 Å². The normalized spacial score (nSPS) is 19.6. The summed E-state index contributed by atoms with van der Waals surface area (Å²) in [4.78, 5) is 26.4. The van der Waals surface area contributed by atoms with Crippen molar-refractivity contribution in [3.05, 3.63) is 35.4 Å².